The maximum Gasteiger partial charge on any atom is 0.166 e. The molecular formula is C22H22O6. The molecule has 0 heterocycles. The molecule has 0 bridgehead atoms. The van der Waals surface area contributed by atoms with Crippen LogP contribution in [0.25, 0.3) is 12.2 Å². The number of ether oxygens (including phenoxy) is 2. The SMILES string of the molecule is COc1cc(/C=C/C(=O)C(C)C(=O)/C=C/c2ccc(O)c(OC)c2)ccc1O. The number of benzene rings is 2. The van der Waals surface area contributed by atoms with Crippen LogP contribution in [0.4, 0.5) is 0 Å². The molecule has 2 aromatic rings. The fraction of sp³-hybridized carbons (Fsp3) is 0.182. The molecule has 0 fully saturated rings. The lowest BCUT2D eigenvalue weighted by Gasteiger charge is -2.05. The van der Waals surface area contributed by atoms with Crippen molar-refractivity contribution in [2.24, 2.45) is 5.92 Å². The smallest absolute Gasteiger partial charge is 0.166 e. The summed E-state index contributed by atoms with van der Waals surface area (Å²) in [4.78, 5) is 24.5. The van der Waals surface area contributed by atoms with E-state index in [4.69, 9.17) is 9.47 Å². The van der Waals surface area contributed by atoms with E-state index in [-0.39, 0.29) is 23.1 Å². The van der Waals surface area contributed by atoms with E-state index in [1.54, 1.807) is 36.4 Å². The molecule has 0 radical (unpaired) electrons. The average Bonchev–Trinajstić information content (AvgIpc) is 2.71. The maximum atomic E-state index is 12.3. The second-order valence-corrected chi connectivity index (χ2v) is 6.06. The number of aromatic hydroxyl groups is 2. The van der Waals surface area contributed by atoms with Gasteiger partial charge in [0.15, 0.2) is 34.6 Å². The summed E-state index contributed by atoms with van der Waals surface area (Å²) >= 11 is 0. The highest BCUT2D eigenvalue weighted by atomic mass is 16.5. The van der Waals surface area contributed by atoms with Gasteiger partial charge in [0.05, 0.1) is 20.1 Å². The van der Waals surface area contributed by atoms with Crippen molar-refractivity contribution < 1.29 is 29.3 Å². The van der Waals surface area contributed by atoms with Gasteiger partial charge in [-0.15, -0.1) is 0 Å². The van der Waals surface area contributed by atoms with Gasteiger partial charge in [-0.1, -0.05) is 24.3 Å². The van der Waals surface area contributed by atoms with Gasteiger partial charge in [0.25, 0.3) is 0 Å². The number of carbonyl (C=O) groups is 2. The molecule has 0 saturated heterocycles. The Morgan fingerprint density at radius 2 is 1.21 bits per heavy atom. The second kappa shape index (κ2) is 9.41. The van der Waals surface area contributed by atoms with Gasteiger partial charge in [-0.3, -0.25) is 9.59 Å². The lowest BCUT2D eigenvalue weighted by Crippen LogP contribution is -2.17. The summed E-state index contributed by atoms with van der Waals surface area (Å²) in [7, 11) is 2.87. The summed E-state index contributed by atoms with van der Waals surface area (Å²) in [6, 6.07) is 9.37. The lowest BCUT2D eigenvalue weighted by atomic mass is 9.99. The molecule has 0 amide bonds. The Morgan fingerprint density at radius 1 is 0.821 bits per heavy atom. The van der Waals surface area contributed by atoms with Crippen molar-refractivity contribution in [3.05, 3.63) is 59.7 Å². The zero-order valence-corrected chi connectivity index (χ0v) is 15.9. The molecule has 2 rings (SSSR count). The molecule has 2 N–H and O–H groups in total. The zero-order valence-electron chi connectivity index (χ0n) is 15.9. The van der Waals surface area contributed by atoms with Crippen molar-refractivity contribution >= 4 is 23.7 Å². The van der Waals surface area contributed by atoms with E-state index in [1.165, 1.54) is 45.4 Å². The fourth-order valence-electron chi connectivity index (χ4n) is 2.38. The highest BCUT2D eigenvalue weighted by Crippen LogP contribution is 2.27. The molecule has 0 unspecified atom stereocenters. The highest BCUT2D eigenvalue weighted by molar-refractivity contribution is 6.13. The Bertz CT molecular complexity index is 851. The molecule has 146 valence electrons. The van der Waals surface area contributed by atoms with E-state index >= 15 is 0 Å². The van der Waals surface area contributed by atoms with Crippen molar-refractivity contribution in [3.63, 3.8) is 0 Å². The number of hydrogen-bond acceptors (Lipinski definition) is 6. The van der Waals surface area contributed by atoms with Crippen molar-refractivity contribution in [1.82, 2.24) is 0 Å². The number of hydrogen-bond donors (Lipinski definition) is 2. The molecule has 2 aromatic carbocycles. The van der Waals surface area contributed by atoms with Gasteiger partial charge in [-0.05, 0) is 54.5 Å². The first-order valence-electron chi connectivity index (χ1n) is 8.53. The van der Waals surface area contributed by atoms with Gasteiger partial charge in [-0.2, -0.15) is 0 Å². The van der Waals surface area contributed by atoms with Crippen LogP contribution in [0.2, 0.25) is 0 Å². The number of carbonyl (C=O) groups excluding carboxylic acids is 2. The van der Waals surface area contributed by atoms with E-state index in [0.717, 1.165) is 0 Å². The lowest BCUT2D eigenvalue weighted by molar-refractivity contribution is -0.126. The Hall–Kier alpha value is -3.54. The second-order valence-electron chi connectivity index (χ2n) is 6.06. The summed E-state index contributed by atoms with van der Waals surface area (Å²) in [6.45, 7) is 1.54. The first kappa shape index (κ1) is 20.8. The van der Waals surface area contributed by atoms with Crippen molar-refractivity contribution in [3.8, 4) is 23.0 Å². The predicted octanol–water partition coefficient (Wildman–Crippen LogP) is 3.62. The summed E-state index contributed by atoms with van der Waals surface area (Å²) in [5, 5.41) is 19.2. The van der Waals surface area contributed by atoms with Crippen molar-refractivity contribution in [2.75, 3.05) is 14.2 Å². The summed E-state index contributed by atoms with van der Waals surface area (Å²) in [5.41, 5.74) is 1.32. The number of phenols is 2. The van der Waals surface area contributed by atoms with Crippen LogP contribution in [0.15, 0.2) is 48.6 Å². The van der Waals surface area contributed by atoms with Crippen LogP contribution in [0.3, 0.4) is 0 Å². The third kappa shape index (κ3) is 5.23. The van der Waals surface area contributed by atoms with Crippen LogP contribution in [0, 0.1) is 5.92 Å². The first-order chi connectivity index (χ1) is 13.3. The van der Waals surface area contributed by atoms with Gasteiger partial charge >= 0.3 is 0 Å². The summed E-state index contributed by atoms with van der Waals surface area (Å²) < 4.78 is 10.0. The minimum absolute atomic E-state index is 0.00511. The molecule has 0 aromatic heterocycles. The van der Waals surface area contributed by atoms with Crippen molar-refractivity contribution in [2.45, 2.75) is 6.92 Å². The first-order valence-corrected chi connectivity index (χ1v) is 8.53. The minimum atomic E-state index is -0.842. The van der Waals surface area contributed by atoms with Crippen LogP contribution in [-0.2, 0) is 9.59 Å². The van der Waals surface area contributed by atoms with E-state index < -0.39 is 5.92 Å². The van der Waals surface area contributed by atoms with E-state index in [2.05, 4.69) is 0 Å². The molecule has 0 saturated carbocycles. The molecule has 0 atom stereocenters. The van der Waals surface area contributed by atoms with Gasteiger partial charge in [0.2, 0.25) is 0 Å². The zero-order chi connectivity index (χ0) is 20.7. The monoisotopic (exact) mass is 382 g/mol. The fourth-order valence-corrected chi connectivity index (χ4v) is 2.38. The molecular weight excluding hydrogens is 360 g/mol. The molecule has 0 aliphatic carbocycles. The van der Waals surface area contributed by atoms with E-state index in [0.29, 0.717) is 22.6 Å². The third-order valence-corrected chi connectivity index (χ3v) is 4.14. The topological polar surface area (TPSA) is 93.1 Å². The van der Waals surface area contributed by atoms with E-state index in [1.807, 2.05) is 0 Å². The Labute approximate surface area is 163 Å². The summed E-state index contributed by atoms with van der Waals surface area (Å²) in [6.07, 6.45) is 5.77. The number of rotatable bonds is 8. The highest BCUT2D eigenvalue weighted by Gasteiger charge is 2.16. The number of methoxy groups -OCH3 is 2. The van der Waals surface area contributed by atoms with Gasteiger partial charge in [0, 0.05) is 0 Å². The van der Waals surface area contributed by atoms with Gasteiger partial charge in [-0.25, -0.2) is 0 Å². The standard InChI is InChI=1S/C22H22O6/c1-14(17(23)8-4-15-6-10-19(25)21(12-15)27-2)18(24)9-5-16-7-11-20(26)22(13-16)28-3/h4-14,25-26H,1-3H3/b8-4+,9-5+. The normalized spacial score (nSPS) is 11.3. The number of allylic oxidation sites excluding steroid dienone is 2. The number of ketones is 2. The molecule has 6 nitrogen and oxygen atoms in total. The molecule has 0 spiro atoms. The molecule has 28 heavy (non-hydrogen) atoms. The summed E-state index contributed by atoms with van der Waals surface area (Å²) in [5.74, 6) is -0.923. The van der Waals surface area contributed by atoms with Gasteiger partial charge in [0.1, 0.15) is 0 Å². The Morgan fingerprint density at radius 3 is 1.57 bits per heavy atom. The quantitative estimate of drug-likeness (QED) is 0.535. The molecule has 0 aliphatic rings. The van der Waals surface area contributed by atoms with Crippen LogP contribution < -0.4 is 9.47 Å². The third-order valence-electron chi connectivity index (χ3n) is 4.14. The van der Waals surface area contributed by atoms with Crippen LogP contribution in [-0.4, -0.2) is 36.0 Å². The van der Waals surface area contributed by atoms with Gasteiger partial charge < -0.3 is 19.7 Å². The largest absolute Gasteiger partial charge is 0.504 e. The van der Waals surface area contributed by atoms with Crippen LogP contribution in [0.5, 0.6) is 23.0 Å². The minimum Gasteiger partial charge on any atom is -0.504 e. The molecule has 6 heteroatoms. The number of phenolic OH excluding ortho intramolecular Hbond substituents is 2. The van der Waals surface area contributed by atoms with E-state index in [9.17, 15) is 19.8 Å². The van der Waals surface area contributed by atoms with Crippen molar-refractivity contribution in [1.29, 1.82) is 0 Å². The average molecular weight is 382 g/mol. The maximum absolute atomic E-state index is 12.3. The Balaban J connectivity index is 2.05. The van der Waals surface area contributed by atoms with Crippen LogP contribution >= 0.6 is 0 Å². The molecule has 0 aliphatic heterocycles. The Kier molecular flexibility index (Phi) is 6.98. The predicted molar refractivity (Wildman–Crippen MR) is 107 cm³/mol. The van der Waals surface area contributed by atoms with Crippen LogP contribution in [0.1, 0.15) is 18.1 Å².